The van der Waals surface area contributed by atoms with Crippen molar-refractivity contribution in [3.63, 3.8) is 0 Å². The molecule has 0 atom stereocenters. The molecule has 0 fully saturated rings. The van der Waals surface area contributed by atoms with Crippen molar-refractivity contribution in [2.45, 2.75) is 32.6 Å². The molecule has 0 amide bonds. The minimum absolute atomic E-state index is 0.0150. The van der Waals surface area contributed by atoms with Crippen molar-refractivity contribution in [2.24, 2.45) is 0 Å². The molecule has 0 bridgehead atoms. The number of benzene rings is 2. The molecule has 0 aliphatic rings. The fourth-order valence-corrected chi connectivity index (χ4v) is 3.28. The van der Waals surface area contributed by atoms with Gasteiger partial charge in [0.1, 0.15) is 5.75 Å². The molecule has 0 spiro atoms. The molecule has 28 heavy (non-hydrogen) atoms. The first-order valence-electron chi connectivity index (χ1n) is 8.46. The van der Waals surface area contributed by atoms with Crippen LogP contribution in [0.3, 0.4) is 0 Å². The SMILES string of the molecule is Cc1cc(C)c(C(=O)CSc2nnc(-c3ccc(OC(F)F)cc3)o2)cc1C. The first kappa shape index (κ1) is 20.0. The van der Waals surface area contributed by atoms with Gasteiger partial charge in [-0.3, -0.25) is 4.79 Å². The molecule has 1 heterocycles. The molecular formula is C20H18F2N2O3S. The van der Waals surface area contributed by atoms with Crippen molar-refractivity contribution in [1.29, 1.82) is 0 Å². The van der Waals surface area contributed by atoms with Gasteiger partial charge >= 0.3 is 6.61 Å². The summed E-state index contributed by atoms with van der Waals surface area (Å²) in [5, 5.41) is 8.12. The number of aromatic nitrogens is 2. The van der Waals surface area contributed by atoms with Gasteiger partial charge in [-0.2, -0.15) is 8.78 Å². The number of hydrogen-bond acceptors (Lipinski definition) is 6. The van der Waals surface area contributed by atoms with Crippen LogP contribution in [0.25, 0.3) is 11.5 Å². The summed E-state index contributed by atoms with van der Waals surface area (Å²) in [6.07, 6.45) is 0. The molecule has 0 saturated carbocycles. The van der Waals surface area contributed by atoms with Gasteiger partial charge in [0.05, 0.1) is 5.75 Å². The lowest BCUT2D eigenvalue weighted by atomic mass is 9.99. The van der Waals surface area contributed by atoms with E-state index < -0.39 is 6.61 Å². The fraction of sp³-hybridized carbons (Fsp3) is 0.250. The van der Waals surface area contributed by atoms with Crippen LogP contribution in [0.4, 0.5) is 8.78 Å². The molecule has 146 valence electrons. The zero-order valence-electron chi connectivity index (χ0n) is 15.5. The molecule has 5 nitrogen and oxygen atoms in total. The number of alkyl halides is 2. The molecule has 0 aliphatic carbocycles. The summed E-state index contributed by atoms with van der Waals surface area (Å²) < 4.78 is 34.2. The van der Waals surface area contributed by atoms with E-state index in [0.29, 0.717) is 11.1 Å². The molecule has 0 N–H and O–H groups in total. The predicted octanol–water partition coefficient (Wildman–Crippen LogP) is 5.24. The molecule has 0 unspecified atom stereocenters. The molecule has 0 radical (unpaired) electrons. The van der Waals surface area contributed by atoms with Gasteiger partial charge in [0.15, 0.2) is 5.78 Å². The number of rotatable bonds is 7. The van der Waals surface area contributed by atoms with Crippen molar-refractivity contribution >= 4 is 17.5 Å². The van der Waals surface area contributed by atoms with E-state index in [-0.39, 0.29) is 28.4 Å². The highest BCUT2D eigenvalue weighted by atomic mass is 32.2. The van der Waals surface area contributed by atoms with E-state index in [1.165, 1.54) is 12.1 Å². The Hall–Kier alpha value is -2.74. The average Bonchev–Trinajstić information content (AvgIpc) is 3.12. The average molecular weight is 404 g/mol. The summed E-state index contributed by atoms with van der Waals surface area (Å²) >= 11 is 1.16. The lowest BCUT2D eigenvalue weighted by Gasteiger charge is -2.08. The number of Topliss-reactive ketones (excluding diaryl/α,β-unsaturated/α-hetero) is 1. The van der Waals surface area contributed by atoms with E-state index in [4.69, 9.17) is 4.42 Å². The maximum atomic E-state index is 12.5. The molecule has 0 saturated heterocycles. The lowest BCUT2D eigenvalue weighted by Crippen LogP contribution is -2.06. The van der Waals surface area contributed by atoms with E-state index >= 15 is 0 Å². The van der Waals surface area contributed by atoms with Crippen LogP contribution in [0.1, 0.15) is 27.0 Å². The first-order valence-corrected chi connectivity index (χ1v) is 9.44. The smallest absolute Gasteiger partial charge is 0.387 e. The maximum Gasteiger partial charge on any atom is 0.387 e. The van der Waals surface area contributed by atoms with Crippen LogP contribution in [0.5, 0.6) is 5.75 Å². The lowest BCUT2D eigenvalue weighted by molar-refractivity contribution is -0.0498. The maximum absolute atomic E-state index is 12.5. The van der Waals surface area contributed by atoms with Crippen molar-refractivity contribution in [2.75, 3.05) is 5.75 Å². The largest absolute Gasteiger partial charge is 0.435 e. The van der Waals surface area contributed by atoms with Crippen molar-refractivity contribution in [3.8, 4) is 17.2 Å². The minimum atomic E-state index is -2.88. The van der Waals surface area contributed by atoms with Gasteiger partial charge in [-0.15, -0.1) is 10.2 Å². The van der Waals surface area contributed by atoms with Crippen LogP contribution >= 0.6 is 11.8 Å². The Balaban J connectivity index is 1.65. The van der Waals surface area contributed by atoms with Gasteiger partial charge in [0, 0.05) is 11.1 Å². The van der Waals surface area contributed by atoms with E-state index in [1.807, 2.05) is 32.9 Å². The molecule has 1 aromatic heterocycles. The Labute approximate surface area is 165 Å². The predicted molar refractivity (Wildman–Crippen MR) is 102 cm³/mol. The Morgan fingerprint density at radius 1 is 1.07 bits per heavy atom. The second-order valence-corrected chi connectivity index (χ2v) is 7.17. The standard InChI is InChI=1S/C20H18F2N2O3S/c1-11-8-13(3)16(9-12(11)2)17(25)10-28-20-24-23-18(27-20)14-4-6-15(7-5-14)26-19(21)22/h4-9,19H,10H2,1-3H3. The van der Waals surface area contributed by atoms with Crippen molar-refractivity contribution in [1.82, 2.24) is 10.2 Å². The zero-order valence-corrected chi connectivity index (χ0v) is 16.3. The van der Waals surface area contributed by atoms with Gasteiger partial charge in [0.25, 0.3) is 5.22 Å². The highest BCUT2D eigenvalue weighted by Gasteiger charge is 2.15. The third-order valence-corrected chi connectivity index (χ3v) is 5.02. The number of halogens is 2. The molecule has 0 aliphatic heterocycles. The monoisotopic (exact) mass is 404 g/mol. The highest BCUT2D eigenvalue weighted by Crippen LogP contribution is 2.26. The number of thioether (sulfide) groups is 1. The number of ether oxygens (including phenoxy) is 1. The van der Waals surface area contributed by atoms with Gasteiger partial charge in [-0.1, -0.05) is 17.8 Å². The molecule has 8 heteroatoms. The third kappa shape index (κ3) is 4.75. The summed E-state index contributed by atoms with van der Waals surface area (Å²) in [7, 11) is 0. The minimum Gasteiger partial charge on any atom is -0.435 e. The van der Waals surface area contributed by atoms with E-state index in [0.717, 1.165) is 28.5 Å². The van der Waals surface area contributed by atoms with Crippen molar-refractivity contribution < 1.29 is 22.7 Å². The summed E-state index contributed by atoms with van der Waals surface area (Å²) in [5.74, 6) is 0.438. The Morgan fingerprint density at radius 3 is 2.43 bits per heavy atom. The van der Waals surface area contributed by atoms with Gasteiger partial charge in [0.2, 0.25) is 5.89 Å². The van der Waals surface area contributed by atoms with Crippen LogP contribution in [0.2, 0.25) is 0 Å². The number of nitrogens with zero attached hydrogens (tertiary/aromatic N) is 2. The molecule has 3 rings (SSSR count). The van der Waals surface area contributed by atoms with Crippen molar-refractivity contribution in [3.05, 3.63) is 58.7 Å². The zero-order chi connectivity index (χ0) is 20.3. The Kier molecular flexibility index (Phi) is 6.08. The van der Waals surface area contributed by atoms with Crippen LogP contribution in [-0.2, 0) is 0 Å². The van der Waals surface area contributed by atoms with Crippen LogP contribution in [0.15, 0.2) is 46.0 Å². The fourth-order valence-electron chi connectivity index (χ4n) is 2.63. The highest BCUT2D eigenvalue weighted by molar-refractivity contribution is 7.99. The van der Waals surface area contributed by atoms with Crippen LogP contribution in [0, 0.1) is 20.8 Å². The Morgan fingerprint density at radius 2 is 1.75 bits per heavy atom. The van der Waals surface area contributed by atoms with E-state index in [2.05, 4.69) is 14.9 Å². The Bertz CT molecular complexity index is 988. The number of aryl methyl sites for hydroxylation is 3. The second kappa shape index (κ2) is 8.52. The topological polar surface area (TPSA) is 65.2 Å². The van der Waals surface area contributed by atoms with E-state index in [1.54, 1.807) is 12.1 Å². The van der Waals surface area contributed by atoms with Crippen LogP contribution < -0.4 is 4.74 Å². The normalized spacial score (nSPS) is 11.1. The van der Waals surface area contributed by atoms with Gasteiger partial charge in [-0.25, -0.2) is 0 Å². The molecule has 2 aromatic carbocycles. The quantitative estimate of drug-likeness (QED) is 0.396. The number of carbonyl (C=O) groups is 1. The summed E-state index contributed by atoms with van der Waals surface area (Å²) in [6.45, 7) is 3.02. The molecule has 3 aromatic rings. The summed E-state index contributed by atoms with van der Waals surface area (Å²) in [6, 6.07) is 9.77. The number of ketones is 1. The van der Waals surface area contributed by atoms with E-state index in [9.17, 15) is 13.6 Å². The van der Waals surface area contributed by atoms with Crippen LogP contribution in [-0.4, -0.2) is 28.3 Å². The number of hydrogen-bond donors (Lipinski definition) is 0. The molecular weight excluding hydrogens is 386 g/mol. The van der Waals surface area contributed by atoms with Gasteiger partial charge < -0.3 is 9.15 Å². The summed E-state index contributed by atoms with van der Waals surface area (Å²) in [4.78, 5) is 12.5. The summed E-state index contributed by atoms with van der Waals surface area (Å²) in [5.41, 5.74) is 4.40. The third-order valence-electron chi connectivity index (χ3n) is 4.20. The second-order valence-electron chi connectivity index (χ2n) is 6.24. The first-order chi connectivity index (χ1) is 13.3. The number of carbonyl (C=O) groups excluding carboxylic acids is 1. The van der Waals surface area contributed by atoms with Gasteiger partial charge in [-0.05, 0) is 67.8 Å².